The lowest BCUT2D eigenvalue weighted by molar-refractivity contribution is -0.121. The van der Waals surface area contributed by atoms with E-state index >= 15 is 0 Å². The van der Waals surface area contributed by atoms with Crippen molar-refractivity contribution in [3.63, 3.8) is 0 Å². The molecule has 1 heterocycles. The number of carbonyl (C=O) groups is 1. The monoisotopic (exact) mass is 189 g/mol. The van der Waals surface area contributed by atoms with E-state index in [1.807, 2.05) is 0 Å². The Morgan fingerprint density at radius 2 is 1.92 bits per heavy atom. The van der Waals surface area contributed by atoms with Crippen LogP contribution in [-0.2, 0) is 4.79 Å². The summed E-state index contributed by atoms with van der Waals surface area (Å²) >= 11 is 5.57. The minimum Gasteiger partial charge on any atom is -0.302 e. The van der Waals surface area contributed by atoms with Gasteiger partial charge in [0.15, 0.2) is 0 Å². The largest absolute Gasteiger partial charge is 0.302 e. The zero-order valence-corrected chi connectivity index (χ0v) is 8.15. The van der Waals surface area contributed by atoms with Crippen molar-refractivity contribution in [2.24, 2.45) is 0 Å². The molecule has 0 aromatic heterocycles. The summed E-state index contributed by atoms with van der Waals surface area (Å²) in [6.45, 7) is 3.03. The predicted molar refractivity (Wildman–Crippen MR) is 50.6 cm³/mol. The van der Waals surface area contributed by atoms with E-state index in [0.29, 0.717) is 5.78 Å². The molecule has 0 spiro atoms. The molecule has 12 heavy (non-hydrogen) atoms. The van der Waals surface area contributed by atoms with E-state index in [9.17, 15) is 4.79 Å². The number of alkyl halides is 1. The standard InChI is InChI=1S/C9H16ClNO/c10-5-1-2-6-11-7-3-9(12)4-8-11/h1-8H2. The van der Waals surface area contributed by atoms with Gasteiger partial charge in [-0.2, -0.15) is 0 Å². The van der Waals surface area contributed by atoms with E-state index in [4.69, 9.17) is 11.6 Å². The van der Waals surface area contributed by atoms with Gasteiger partial charge in [0.05, 0.1) is 0 Å². The summed E-state index contributed by atoms with van der Waals surface area (Å²) in [5.41, 5.74) is 0. The minimum atomic E-state index is 0.420. The Morgan fingerprint density at radius 1 is 1.25 bits per heavy atom. The van der Waals surface area contributed by atoms with Gasteiger partial charge < -0.3 is 4.90 Å². The molecule has 0 aromatic carbocycles. The molecular formula is C9H16ClNO. The molecule has 0 atom stereocenters. The molecule has 0 unspecified atom stereocenters. The molecule has 0 saturated carbocycles. The predicted octanol–water partition coefficient (Wildman–Crippen LogP) is 1.67. The smallest absolute Gasteiger partial charge is 0.135 e. The van der Waals surface area contributed by atoms with Gasteiger partial charge in [-0.3, -0.25) is 4.79 Å². The van der Waals surface area contributed by atoms with Crippen molar-refractivity contribution < 1.29 is 4.79 Å². The summed E-state index contributed by atoms with van der Waals surface area (Å²) < 4.78 is 0. The highest BCUT2D eigenvalue weighted by Crippen LogP contribution is 2.06. The number of halogens is 1. The lowest BCUT2D eigenvalue weighted by Gasteiger charge is -2.25. The summed E-state index contributed by atoms with van der Waals surface area (Å²) in [5.74, 6) is 1.18. The van der Waals surface area contributed by atoms with Crippen molar-refractivity contribution >= 4 is 17.4 Å². The maximum absolute atomic E-state index is 10.9. The number of nitrogens with zero attached hydrogens (tertiary/aromatic N) is 1. The van der Waals surface area contributed by atoms with Gasteiger partial charge in [0.1, 0.15) is 5.78 Å². The lowest BCUT2D eigenvalue weighted by Crippen LogP contribution is -2.34. The Balaban J connectivity index is 2.05. The number of likely N-dealkylation sites (tertiary alicyclic amines) is 1. The first kappa shape index (κ1) is 10.0. The first-order valence-electron chi connectivity index (χ1n) is 4.63. The zero-order valence-electron chi connectivity index (χ0n) is 7.39. The van der Waals surface area contributed by atoms with Crippen molar-refractivity contribution in [1.29, 1.82) is 0 Å². The van der Waals surface area contributed by atoms with E-state index in [0.717, 1.165) is 51.2 Å². The topological polar surface area (TPSA) is 20.3 Å². The fourth-order valence-corrected chi connectivity index (χ4v) is 1.64. The first-order valence-corrected chi connectivity index (χ1v) is 5.16. The molecule has 3 heteroatoms. The number of unbranched alkanes of at least 4 members (excludes halogenated alkanes) is 1. The third kappa shape index (κ3) is 3.55. The van der Waals surface area contributed by atoms with Crippen LogP contribution < -0.4 is 0 Å². The number of Topliss-reactive ketones (excluding diaryl/α,β-unsaturated/α-hetero) is 1. The fraction of sp³-hybridized carbons (Fsp3) is 0.889. The Kier molecular flexibility index (Phi) is 4.62. The molecule has 1 saturated heterocycles. The summed E-state index contributed by atoms with van der Waals surface area (Å²) in [4.78, 5) is 13.2. The SMILES string of the molecule is O=C1CCN(CCCCCl)CC1. The van der Waals surface area contributed by atoms with Crippen LogP contribution in [0.4, 0.5) is 0 Å². The molecule has 0 bridgehead atoms. The summed E-state index contributed by atoms with van der Waals surface area (Å²) in [7, 11) is 0. The van der Waals surface area contributed by atoms with Crippen LogP contribution in [0.15, 0.2) is 0 Å². The molecular weight excluding hydrogens is 174 g/mol. The van der Waals surface area contributed by atoms with Gasteiger partial charge in [-0.25, -0.2) is 0 Å². The van der Waals surface area contributed by atoms with Crippen LogP contribution in [0, 0.1) is 0 Å². The summed E-state index contributed by atoms with van der Waals surface area (Å²) in [6.07, 6.45) is 3.76. The number of hydrogen-bond acceptors (Lipinski definition) is 2. The van der Waals surface area contributed by atoms with Gasteiger partial charge in [-0.05, 0) is 19.4 Å². The summed E-state index contributed by atoms with van der Waals surface area (Å²) in [6, 6.07) is 0. The second-order valence-corrected chi connectivity index (χ2v) is 3.65. The van der Waals surface area contributed by atoms with E-state index in [-0.39, 0.29) is 0 Å². The van der Waals surface area contributed by atoms with Gasteiger partial charge in [0.25, 0.3) is 0 Å². The number of ketones is 1. The molecule has 1 fully saturated rings. The number of hydrogen-bond donors (Lipinski definition) is 0. The van der Waals surface area contributed by atoms with Crippen molar-refractivity contribution in [3.05, 3.63) is 0 Å². The quantitative estimate of drug-likeness (QED) is 0.496. The van der Waals surface area contributed by atoms with Crippen LogP contribution in [0.25, 0.3) is 0 Å². The van der Waals surface area contributed by atoms with E-state index in [1.54, 1.807) is 0 Å². The molecule has 2 nitrogen and oxygen atoms in total. The molecule has 0 radical (unpaired) electrons. The van der Waals surface area contributed by atoms with Gasteiger partial charge in [-0.15, -0.1) is 11.6 Å². The number of rotatable bonds is 4. The van der Waals surface area contributed by atoms with E-state index < -0.39 is 0 Å². The average molecular weight is 190 g/mol. The fourth-order valence-electron chi connectivity index (χ4n) is 1.46. The molecule has 0 aromatic rings. The van der Waals surface area contributed by atoms with Crippen LogP contribution in [0.3, 0.4) is 0 Å². The second kappa shape index (κ2) is 5.55. The van der Waals surface area contributed by atoms with Crippen LogP contribution in [-0.4, -0.2) is 36.2 Å². The molecule has 0 amide bonds. The molecule has 0 N–H and O–H groups in total. The van der Waals surface area contributed by atoms with Crippen molar-refractivity contribution in [1.82, 2.24) is 4.90 Å². The summed E-state index contributed by atoms with van der Waals surface area (Å²) in [5, 5.41) is 0. The molecule has 1 aliphatic heterocycles. The minimum absolute atomic E-state index is 0.420. The number of piperidine rings is 1. The highest BCUT2D eigenvalue weighted by atomic mass is 35.5. The third-order valence-electron chi connectivity index (χ3n) is 2.27. The van der Waals surface area contributed by atoms with E-state index in [2.05, 4.69) is 4.90 Å². The second-order valence-electron chi connectivity index (χ2n) is 3.28. The Hall–Kier alpha value is -0.0800. The van der Waals surface area contributed by atoms with E-state index in [1.165, 1.54) is 0 Å². The van der Waals surface area contributed by atoms with Crippen molar-refractivity contribution in [2.75, 3.05) is 25.5 Å². The van der Waals surface area contributed by atoms with Gasteiger partial charge in [0, 0.05) is 31.8 Å². The van der Waals surface area contributed by atoms with Crippen LogP contribution in [0.5, 0.6) is 0 Å². The maximum Gasteiger partial charge on any atom is 0.135 e. The molecule has 1 rings (SSSR count). The Labute approximate surface area is 78.9 Å². The van der Waals surface area contributed by atoms with Gasteiger partial charge >= 0.3 is 0 Å². The molecule has 0 aliphatic carbocycles. The third-order valence-corrected chi connectivity index (χ3v) is 2.54. The Morgan fingerprint density at radius 3 is 2.50 bits per heavy atom. The lowest BCUT2D eigenvalue weighted by atomic mass is 10.1. The zero-order chi connectivity index (χ0) is 8.81. The van der Waals surface area contributed by atoms with Crippen LogP contribution in [0.2, 0.25) is 0 Å². The first-order chi connectivity index (χ1) is 5.83. The van der Waals surface area contributed by atoms with Crippen molar-refractivity contribution in [2.45, 2.75) is 25.7 Å². The van der Waals surface area contributed by atoms with Gasteiger partial charge in [-0.1, -0.05) is 0 Å². The average Bonchev–Trinajstić information content (AvgIpc) is 2.09. The normalized spacial score (nSPS) is 19.9. The Bertz CT molecular complexity index is 139. The van der Waals surface area contributed by atoms with Crippen molar-refractivity contribution in [3.8, 4) is 0 Å². The van der Waals surface area contributed by atoms with Gasteiger partial charge in [0.2, 0.25) is 0 Å². The van der Waals surface area contributed by atoms with Crippen LogP contribution in [0.1, 0.15) is 25.7 Å². The molecule has 70 valence electrons. The highest BCUT2D eigenvalue weighted by Gasteiger charge is 2.14. The maximum atomic E-state index is 10.9. The van der Waals surface area contributed by atoms with Crippen LogP contribution >= 0.6 is 11.6 Å². The highest BCUT2D eigenvalue weighted by molar-refractivity contribution is 6.17. The molecule has 1 aliphatic rings. The number of carbonyl (C=O) groups excluding carboxylic acids is 1.